The predicted molar refractivity (Wildman–Crippen MR) is 84.8 cm³/mol. The molecule has 1 N–H and O–H groups in total. The van der Waals surface area contributed by atoms with Gasteiger partial charge >= 0.3 is 5.97 Å². The van der Waals surface area contributed by atoms with Gasteiger partial charge in [-0.05, 0) is 36.6 Å². The van der Waals surface area contributed by atoms with Crippen LogP contribution in [-0.2, 0) is 11.3 Å². The first kappa shape index (κ1) is 16.7. The second-order valence-electron chi connectivity index (χ2n) is 5.99. The van der Waals surface area contributed by atoms with Crippen LogP contribution >= 0.6 is 0 Å². The molecule has 0 amide bonds. The van der Waals surface area contributed by atoms with Gasteiger partial charge in [-0.2, -0.15) is 0 Å². The van der Waals surface area contributed by atoms with Crippen LogP contribution in [0.15, 0.2) is 41.0 Å². The molecule has 1 fully saturated rings. The lowest BCUT2D eigenvalue weighted by molar-refractivity contribution is 0.0559. The molecule has 0 spiro atoms. The van der Waals surface area contributed by atoms with Gasteiger partial charge in [-0.25, -0.2) is 9.18 Å². The Labute approximate surface area is 139 Å². The van der Waals surface area contributed by atoms with Crippen molar-refractivity contribution in [1.29, 1.82) is 0 Å². The van der Waals surface area contributed by atoms with Gasteiger partial charge in [0.25, 0.3) is 0 Å². The van der Waals surface area contributed by atoms with Gasteiger partial charge in [0.1, 0.15) is 5.82 Å². The first-order valence-corrected chi connectivity index (χ1v) is 7.90. The third kappa shape index (κ3) is 3.83. The molecule has 128 valence electrons. The molecule has 1 saturated carbocycles. The minimum Gasteiger partial charge on any atom is -0.463 e. The SMILES string of the molecule is COC(=O)c1occc1CN(CC(O)c1ccc(F)cc1)C1CC1. The summed E-state index contributed by atoms with van der Waals surface area (Å²) < 4.78 is 22.9. The molecule has 0 saturated heterocycles. The molecule has 0 bridgehead atoms. The van der Waals surface area contributed by atoms with E-state index in [0.717, 1.165) is 18.4 Å². The van der Waals surface area contributed by atoms with Gasteiger partial charge in [0, 0.05) is 24.7 Å². The highest BCUT2D eigenvalue weighted by Gasteiger charge is 2.32. The van der Waals surface area contributed by atoms with Crippen LogP contribution < -0.4 is 0 Å². The van der Waals surface area contributed by atoms with Crippen LogP contribution in [0, 0.1) is 5.82 Å². The van der Waals surface area contributed by atoms with Crippen molar-refractivity contribution in [3.05, 3.63) is 59.3 Å². The average Bonchev–Trinajstić information content (AvgIpc) is 3.33. The molecule has 6 heteroatoms. The summed E-state index contributed by atoms with van der Waals surface area (Å²) in [6, 6.07) is 7.97. The number of hydrogen-bond donors (Lipinski definition) is 1. The summed E-state index contributed by atoms with van der Waals surface area (Å²) in [5, 5.41) is 10.4. The normalized spacial score (nSPS) is 15.5. The number of nitrogens with zero attached hydrogens (tertiary/aromatic N) is 1. The average molecular weight is 333 g/mol. The topological polar surface area (TPSA) is 62.9 Å². The highest BCUT2D eigenvalue weighted by Crippen LogP contribution is 2.31. The molecular formula is C18H20FNO4. The van der Waals surface area contributed by atoms with Gasteiger partial charge in [0.15, 0.2) is 0 Å². The lowest BCUT2D eigenvalue weighted by atomic mass is 10.1. The monoisotopic (exact) mass is 333 g/mol. The van der Waals surface area contributed by atoms with E-state index in [-0.39, 0.29) is 11.6 Å². The van der Waals surface area contributed by atoms with Crippen molar-refractivity contribution < 1.29 is 23.4 Å². The standard InChI is InChI=1S/C18H20FNO4/c1-23-18(22)17-13(8-9-24-17)10-20(15-6-7-15)11-16(21)12-2-4-14(19)5-3-12/h2-5,8-9,15-16,21H,6-7,10-11H2,1H3. The van der Waals surface area contributed by atoms with Crippen molar-refractivity contribution in [2.75, 3.05) is 13.7 Å². The third-order valence-corrected chi connectivity index (χ3v) is 4.22. The molecule has 2 aromatic rings. The molecule has 0 aliphatic heterocycles. The summed E-state index contributed by atoms with van der Waals surface area (Å²) in [4.78, 5) is 13.8. The Bertz CT molecular complexity index is 693. The fraction of sp³-hybridized carbons (Fsp3) is 0.389. The maximum Gasteiger partial charge on any atom is 0.374 e. The lowest BCUT2D eigenvalue weighted by Crippen LogP contribution is -2.30. The number of furan rings is 1. The van der Waals surface area contributed by atoms with Crippen LogP contribution in [0.25, 0.3) is 0 Å². The molecule has 1 aliphatic carbocycles. The Hall–Kier alpha value is -2.18. The van der Waals surface area contributed by atoms with E-state index >= 15 is 0 Å². The van der Waals surface area contributed by atoms with Crippen molar-refractivity contribution >= 4 is 5.97 Å². The molecular weight excluding hydrogens is 313 g/mol. The number of benzene rings is 1. The molecule has 1 aromatic heterocycles. The van der Waals surface area contributed by atoms with Crippen molar-refractivity contribution in [2.24, 2.45) is 0 Å². The van der Waals surface area contributed by atoms with Crippen molar-refractivity contribution in [3.8, 4) is 0 Å². The largest absolute Gasteiger partial charge is 0.463 e. The third-order valence-electron chi connectivity index (χ3n) is 4.22. The van der Waals surface area contributed by atoms with Crippen LogP contribution in [-0.4, -0.2) is 35.7 Å². The number of aliphatic hydroxyl groups is 1. The first-order valence-electron chi connectivity index (χ1n) is 7.90. The summed E-state index contributed by atoms with van der Waals surface area (Å²) in [6.07, 6.45) is 2.85. The molecule has 3 rings (SSSR count). The number of methoxy groups -OCH3 is 1. The minimum atomic E-state index is -0.723. The number of carbonyl (C=O) groups excluding carboxylic acids is 1. The first-order chi connectivity index (χ1) is 11.6. The molecule has 1 atom stereocenters. The highest BCUT2D eigenvalue weighted by molar-refractivity contribution is 5.87. The zero-order valence-electron chi connectivity index (χ0n) is 13.4. The van der Waals surface area contributed by atoms with Crippen LogP contribution in [0.2, 0.25) is 0 Å². The van der Waals surface area contributed by atoms with Gasteiger partial charge in [-0.15, -0.1) is 0 Å². The molecule has 1 aliphatic rings. The summed E-state index contributed by atoms with van der Waals surface area (Å²) in [6.45, 7) is 0.895. The Morgan fingerprint density at radius 1 is 1.38 bits per heavy atom. The fourth-order valence-corrected chi connectivity index (χ4v) is 2.75. The minimum absolute atomic E-state index is 0.194. The van der Waals surface area contributed by atoms with E-state index in [1.807, 2.05) is 0 Å². The predicted octanol–water partition coefficient (Wildman–Crippen LogP) is 2.90. The van der Waals surface area contributed by atoms with E-state index in [0.29, 0.717) is 24.7 Å². The van der Waals surface area contributed by atoms with Gasteiger partial charge in [-0.3, -0.25) is 4.90 Å². The molecule has 0 radical (unpaired) electrons. The number of aliphatic hydroxyl groups excluding tert-OH is 1. The van der Waals surface area contributed by atoms with Gasteiger partial charge in [0.05, 0.1) is 19.5 Å². The van der Waals surface area contributed by atoms with Crippen LogP contribution in [0.1, 0.15) is 40.6 Å². The zero-order valence-corrected chi connectivity index (χ0v) is 13.4. The smallest absolute Gasteiger partial charge is 0.374 e. The Morgan fingerprint density at radius 3 is 2.71 bits per heavy atom. The zero-order chi connectivity index (χ0) is 17.1. The number of hydrogen-bond acceptors (Lipinski definition) is 5. The Kier molecular flexibility index (Phi) is 4.97. The molecule has 24 heavy (non-hydrogen) atoms. The van der Waals surface area contributed by atoms with Crippen molar-refractivity contribution in [3.63, 3.8) is 0 Å². The van der Waals surface area contributed by atoms with Crippen LogP contribution in [0.4, 0.5) is 4.39 Å². The summed E-state index contributed by atoms with van der Waals surface area (Å²) in [7, 11) is 1.31. The molecule has 1 aromatic carbocycles. The molecule has 1 unspecified atom stereocenters. The van der Waals surface area contributed by atoms with Gasteiger partial charge in [-0.1, -0.05) is 12.1 Å². The maximum absolute atomic E-state index is 13.0. The second kappa shape index (κ2) is 7.15. The van der Waals surface area contributed by atoms with Crippen molar-refractivity contribution in [2.45, 2.75) is 31.5 Å². The number of carbonyl (C=O) groups is 1. The molecule has 5 nitrogen and oxygen atoms in total. The van der Waals surface area contributed by atoms with E-state index in [1.165, 1.54) is 25.5 Å². The maximum atomic E-state index is 13.0. The quantitative estimate of drug-likeness (QED) is 0.790. The van der Waals surface area contributed by atoms with E-state index < -0.39 is 12.1 Å². The fourth-order valence-electron chi connectivity index (χ4n) is 2.75. The van der Waals surface area contributed by atoms with Crippen LogP contribution in [0.3, 0.4) is 0 Å². The Morgan fingerprint density at radius 2 is 2.08 bits per heavy atom. The van der Waals surface area contributed by atoms with E-state index in [1.54, 1.807) is 18.2 Å². The summed E-state index contributed by atoms with van der Waals surface area (Å²) >= 11 is 0. The van der Waals surface area contributed by atoms with E-state index in [9.17, 15) is 14.3 Å². The number of rotatable bonds is 7. The lowest BCUT2D eigenvalue weighted by Gasteiger charge is -2.25. The highest BCUT2D eigenvalue weighted by atomic mass is 19.1. The van der Waals surface area contributed by atoms with E-state index in [2.05, 4.69) is 4.90 Å². The number of ether oxygens (including phenoxy) is 1. The van der Waals surface area contributed by atoms with Gasteiger partial charge in [0.2, 0.25) is 5.76 Å². The summed E-state index contributed by atoms with van der Waals surface area (Å²) in [5.74, 6) is -0.643. The van der Waals surface area contributed by atoms with Crippen LogP contribution in [0.5, 0.6) is 0 Å². The van der Waals surface area contributed by atoms with Gasteiger partial charge < -0.3 is 14.3 Å². The Balaban J connectivity index is 1.70. The number of esters is 1. The van der Waals surface area contributed by atoms with E-state index in [4.69, 9.17) is 9.15 Å². The van der Waals surface area contributed by atoms with Crippen molar-refractivity contribution in [1.82, 2.24) is 4.90 Å². The summed E-state index contributed by atoms with van der Waals surface area (Å²) in [5.41, 5.74) is 1.41. The number of halogens is 1. The second-order valence-corrected chi connectivity index (χ2v) is 5.99. The molecule has 1 heterocycles.